The third-order valence-electron chi connectivity index (χ3n) is 5.12. The molecular weight excluding hydrogens is 468 g/mol. The quantitative estimate of drug-likeness (QED) is 0.201. The van der Waals surface area contributed by atoms with Crippen molar-refractivity contribution < 1.29 is 32.3 Å². The number of nitrogens with zero attached hydrogens (tertiary/aromatic N) is 2. The minimum atomic E-state index is -4.63. The number of amides is 2. The summed E-state index contributed by atoms with van der Waals surface area (Å²) >= 11 is 0. The number of carbonyl (C=O) groups is 1. The highest BCUT2D eigenvalue weighted by molar-refractivity contribution is 5.99. The van der Waals surface area contributed by atoms with Crippen molar-refractivity contribution in [1.82, 2.24) is 9.71 Å². The lowest BCUT2D eigenvalue weighted by Gasteiger charge is -2.15. The Hall–Kier alpha value is -4.28. The Balaban J connectivity index is 1.41. The molecule has 0 saturated heterocycles. The van der Waals surface area contributed by atoms with Gasteiger partial charge in [0.2, 0.25) is 0 Å². The summed E-state index contributed by atoms with van der Waals surface area (Å²) < 4.78 is 59.2. The van der Waals surface area contributed by atoms with E-state index in [-0.39, 0.29) is 24.1 Å². The summed E-state index contributed by atoms with van der Waals surface area (Å²) in [6, 6.07) is 12.3. The van der Waals surface area contributed by atoms with Gasteiger partial charge in [0.15, 0.2) is 5.65 Å². The van der Waals surface area contributed by atoms with E-state index in [1.165, 1.54) is 24.5 Å². The molecule has 4 rings (SSSR count). The van der Waals surface area contributed by atoms with Gasteiger partial charge in [-0.05, 0) is 66.9 Å². The number of rotatable bonds is 7. The molecule has 0 aliphatic rings. The molecule has 7 nitrogen and oxygen atoms in total. The highest BCUT2D eigenvalue weighted by Gasteiger charge is 2.33. The average molecular weight is 488 g/mol. The Morgan fingerprint density at radius 2 is 1.74 bits per heavy atom. The van der Waals surface area contributed by atoms with Crippen LogP contribution < -0.4 is 15.4 Å². The number of halogens is 4. The maximum absolute atomic E-state index is 13.4. The van der Waals surface area contributed by atoms with Crippen LogP contribution in [-0.2, 0) is 12.6 Å². The van der Waals surface area contributed by atoms with Crippen LogP contribution in [0, 0.1) is 0 Å². The van der Waals surface area contributed by atoms with Gasteiger partial charge in [0.05, 0.1) is 17.6 Å². The molecule has 0 fully saturated rings. The molecule has 11 heteroatoms. The van der Waals surface area contributed by atoms with E-state index in [1.54, 1.807) is 36.4 Å². The zero-order valence-electron chi connectivity index (χ0n) is 18.1. The van der Waals surface area contributed by atoms with E-state index < -0.39 is 24.4 Å². The van der Waals surface area contributed by atoms with Crippen molar-refractivity contribution in [1.29, 1.82) is 0 Å². The number of aromatic nitrogens is 2. The molecule has 0 unspecified atom stereocenters. The van der Waals surface area contributed by atoms with Crippen LogP contribution in [0.2, 0.25) is 0 Å². The zero-order valence-corrected chi connectivity index (χ0v) is 18.1. The molecule has 3 N–H and O–H groups in total. The smallest absolute Gasteiger partial charge is 0.416 e. The third-order valence-corrected chi connectivity index (χ3v) is 5.12. The topological polar surface area (TPSA) is 88.4 Å². The minimum absolute atomic E-state index is 0.0176. The molecule has 2 amide bonds. The molecule has 0 spiro atoms. The molecule has 0 atom stereocenters. The highest BCUT2D eigenvalue weighted by atomic mass is 19.4. The molecule has 0 aliphatic carbocycles. The molecule has 182 valence electrons. The Morgan fingerprint density at radius 1 is 1.03 bits per heavy atom. The largest absolute Gasteiger partial charge is 0.457 e. The zero-order chi connectivity index (χ0) is 25.0. The van der Waals surface area contributed by atoms with Crippen molar-refractivity contribution in [2.75, 3.05) is 17.3 Å². The number of nitrogens with one attached hydrogen (secondary N) is 2. The maximum atomic E-state index is 13.4. The van der Waals surface area contributed by atoms with Gasteiger partial charge in [-0.25, -0.2) is 9.78 Å². The first-order chi connectivity index (χ1) is 16.7. The lowest BCUT2D eigenvalue weighted by Crippen LogP contribution is -2.20. The fourth-order valence-corrected chi connectivity index (χ4v) is 3.51. The van der Waals surface area contributed by atoms with Gasteiger partial charge in [-0.2, -0.15) is 17.9 Å². The predicted molar refractivity (Wildman–Crippen MR) is 122 cm³/mol. The van der Waals surface area contributed by atoms with Crippen molar-refractivity contribution in [3.63, 3.8) is 0 Å². The van der Waals surface area contributed by atoms with E-state index in [0.717, 1.165) is 10.8 Å². The Labute approximate surface area is 196 Å². The van der Waals surface area contributed by atoms with E-state index in [0.29, 0.717) is 28.2 Å². The lowest BCUT2D eigenvalue weighted by molar-refractivity contribution is -0.138. The van der Waals surface area contributed by atoms with E-state index in [4.69, 9.17) is 4.74 Å². The Bertz CT molecular complexity index is 1340. The van der Waals surface area contributed by atoms with Crippen LogP contribution >= 0.6 is 0 Å². The van der Waals surface area contributed by atoms with Crippen molar-refractivity contribution in [3.05, 3.63) is 78.1 Å². The second kappa shape index (κ2) is 9.92. The first kappa shape index (κ1) is 23.9. The number of benzene rings is 2. The second-order valence-corrected chi connectivity index (χ2v) is 7.57. The van der Waals surface area contributed by atoms with Gasteiger partial charge in [-0.15, -0.1) is 0 Å². The van der Waals surface area contributed by atoms with Crippen LogP contribution in [0.4, 0.5) is 33.7 Å². The van der Waals surface area contributed by atoms with Crippen molar-refractivity contribution >= 4 is 28.4 Å². The van der Waals surface area contributed by atoms with Crippen molar-refractivity contribution in [2.24, 2.45) is 0 Å². The van der Waals surface area contributed by atoms with Crippen LogP contribution in [0.1, 0.15) is 17.5 Å². The van der Waals surface area contributed by atoms with Crippen LogP contribution in [0.15, 0.2) is 67.0 Å². The number of hydrogen-bond donors (Lipinski definition) is 3. The van der Waals surface area contributed by atoms with E-state index >= 15 is 0 Å². The number of ether oxygens (including phenoxy) is 1. The van der Waals surface area contributed by atoms with Gasteiger partial charge >= 0.3 is 12.2 Å². The molecule has 0 radical (unpaired) electrons. The minimum Gasteiger partial charge on any atom is -0.457 e. The number of fused-ring (bicyclic) bond motifs is 1. The summed E-state index contributed by atoms with van der Waals surface area (Å²) in [5.74, 6) is 0.921. The van der Waals surface area contributed by atoms with Crippen molar-refractivity contribution in [2.45, 2.75) is 19.0 Å². The molecule has 2 aromatic heterocycles. The number of alkyl halides is 4. The summed E-state index contributed by atoms with van der Waals surface area (Å²) in [4.78, 5) is 16.4. The number of anilines is 2. The van der Waals surface area contributed by atoms with Crippen LogP contribution in [-0.4, -0.2) is 27.6 Å². The predicted octanol–water partition coefficient (Wildman–Crippen LogP) is 6.63. The van der Waals surface area contributed by atoms with E-state index in [9.17, 15) is 27.6 Å². The third kappa shape index (κ3) is 5.62. The van der Waals surface area contributed by atoms with Crippen molar-refractivity contribution in [3.8, 4) is 11.5 Å². The number of pyridine rings is 1. The number of urea groups is 1. The fraction of sp³-hybridized carbons (Fsp3) is 0.167. The van der Waals surface area contributed by atoms with Gasteiger partial charge in [0, 0.05) is 23.8 Å². The second-order valence-electron chi connectivity index (χ2n) is 7.57. The normalized spacial score (nSPS) is 11.4. The van der Waals surface area contributed by atoms with E-state index in [1.807, 2.05) is 0 Å². The molecule has 2 aromatic carbocycles. The Morgan fingerprint density at radius 3 is 2.46 bits per heavy atom. The lowest BCUT2D eigenvalue weighted by atomic mass is 10.0. The summed E-state index contributed by atoms with van der Waals surface area (Å²) in [6.45, 7) is -0.716. The number of hydrogen-bond acceptors (Lipinski definition) is 4. The molecule has 2 heterocycles. The maximum Gasteiger partial charge on any atom is 0.416 e. The average Bonchev–Trinajstić information content (AvgIpc) is 3.20. The Kier molecular flexibility index (Phi) is 6.76. The summed E-state index contributed by atoms with van der Waals surface area (Å²) in [5, 5.41) is 15.2. The highest BCUT2D eigenvalue weighted by Crippen LogP contribution is 2.34. The molecular formula is C24H20F4N4O3. The summed E-state index contributed by atoms with van der Waals surface area (Å²) in [5.41, 5.74) is -0.268. The van der Waals surface area contributed by atoms with Gasteiger partial charge in [0.1, 0.15) is 11.5 Å². The van der Waals surface area contributed by atoms with Gasteiger partial charge < -0.3 is 20.6 Å². The van der Waals surface area contributed by atoms with E-state index in [2.05, 4.69) is 15.6 Å². The monoisotopic (exact) mass is 488 g/mol. The molecule has 0 saturated carbocycles. The SMILES string of the molecule is O=C(Nc1ccc(Oc2ccnc3c2ccn3O)cc1)Nc1ccc(CCCF)c(C(F)(F)F)c1. The van der Waals surface area contributed by atoms with Crippen LogP contribution in [0.5, 0.6) is 11.5 Å². The first-order valence-corrected chi connectivity index (χ1v) is 10.5. The number of aryl methyl sites for hydroxylation is 1. The van der Waals surface area contributed by atoms with Gasteiger partial charge in [0.25, 0.3) is 0 Å². The molecule has 0 bridgehead atoms. The fourth-order valence-electron chi connectivity index (χ4n) is 3.51. The molecule has 4 aromatic rings. The standard InChI is InChI=1S/C24H20F4N4O3/c25-11-1-2-15-3-4-17(14-20(15)24(26,27)28)31-23(33)30-16-5-7-18(8-6-16)35-21-9-12-29-22-19(21)10-13-32(22)34/h3-10,12-14,34H,1-2,11H2,(H2,30,31,33). The number of carbonyl (C=O) groups excluding carboxylic acids is 1. The first-order valence-electron chi connectivity index (χ1n) is 10.5. The molecule has 0 aliphatic heterocycles. The summed E-state index contributed by atoms with van der Waals surface area (Å²) in [6.07, 6.45) is -1.77. The van der Waals surface area contributed by atoms with Crippen LogP contribution in [0.3, 0.4) is 0 Å². The van der Waals surface area contributed by atoms with Gasteiger partial charge in [-0.1, -0.05) is 6.07 Å². The van der Waals surface area contributed by atoms with Crippen LogP contribution in [0.25, 0.3) is 11.0 Å². The van der Waals surface area contributed by atoms with Gasteiger partial charge in [-0.3, -0.25) is 4.39 Å². The molecule has 35 heavy (non-hydrogen) atoms. The summed E-state index contributed by atoms with van der Waals surface area (Å²) in [7, 11) is 0.